The van der Waals surface area contributed by atoms with Gasteiger partial charge in [0, 0.05) is 5.69 Å². The van der Waals surface area contributed by atoms with E-state index in [9.17, 15) is 5.11 Å². The summed E-state index contributed by atoms with van der Waals surface area (Å²) in [5.74, 6) is 1.70. The zero-order chi connectivity index (χ0) is 15.8. The highest BCUT2D eigenvalue weighted by atomic mass is 16.5. The third-order valence-electron chi connectivity index (χ3n) is 3.10. The molecule has 114 valence electrons. The second kappa shape index (κ2) is 5.44. The highest BCUT2D eigenvalue weighted by Crippen LogP contribution is 2.32. The van der Waals surface area contributed by atoms with Gasteiger partial charge < -0.3 is 9.84 Å². The number of rotatable bonds is 3. The van der Waals surface area contributed by atoms with Crippen LogP contribution in [0.3, 0.4) is 0 Å². The summed E-state index contributed by atoms with van der Waals surface area (Å²) in [4.78, 5) is 8.73. The lowest BCUT2D eigenvalue weighted by molar-refractivity contribution is 0.187. The van der Waals surface area contributed by atoms with Crippen LogP contribution in [0.25, 0.3) is 11.4 Å². The predicted octanol–water partition coefficient (Wildman–Crippen LogP) is 2.47. The van der Waals surface area contributed by atoms with Gasteiger partial charge in [-0.25, -0.2) is 9.67 Å². The molecule has 0 spiro atoms. The minimum atomic E-state index is -0.721. The molecule has 2 aromatic rings. The van der Waals surface area contributed by atoms with E-state index in [-0.39, 0.29) is 5.54 Å². The fourth-order valence-corrected chi connectivity index (χ4v) is 2.03. The van der Waals surface area contributed by atoms with Crippen LogP contribution in [0.4, 0.5) is 0 Å². The van der Waals surface area contributed by atoms with E-state index in [4.69, 9.17) is 4.74 Å². The van der Waals surface area contributed by atoms with Gasteiger partial charge in [0.05, 0.1) is 24.4 Å². The fraction of sp³-hybridized carbons (Fsp3) is 0.533. The molecule has 6 nitrogen and oxygen atoms in total. The summed E-state index contributed by atoms with van der Waals surface area (Å²) in [7, 11) is 1.60. The number of ether oxygens (including phenoxy) is 1. The Morgan fingerprint density at radius 3 is 2.52 bits per heavy atom. The maximum atomic E-state index is 9.77. The van der Waals surface area contributed by atoms with Gasteiger partial charge in [0.1, 0.15) is 11.9 Å². The van der Waals surface area contributed by atoms with Gasteiger partial charge in [-0.3, -0.25) is 4.98 Å². The quantitative estimate of drug-likeness (QED) is 0.940. The number of aromatic nitrogens is 4. The highest BCUT2D eigenvalue weighted by molar-refractivity contribution is 5.64. The lowest BCUT2D eigenvalue weighted by Gasteiger charge is -2.22. The number of aryl methyl sites for hydroxylation is 1. The van der Waals surface area contributed by atoms with Crippen LogP contribution < -0.4 is 4.74 Å². The van der Waals surface area contributed by atoms with Gasteiger partial charge in [-0.1, -0.05) is 0 Å². The molecule has 0 aliphatic heterocycles. The van der Waals surface area contributed by atoms with E-state index >= 15 is 0 Å². The Balaban J connectivity index is 2.70. The molecule has 2 aromatic heterocycles. The first-order chi connectivity index (χ1) is 9.74. The van der Waals surface area contributed by atoms with E-state index in [1.165, 1.54) is 0 Å². The molecule has 6 heteroatoms. The molecule has 0 bridgehead atoms. The predicted molar refractivity (Wildman–Crippen MR) is 80.2 cm³/mol. The van der Waals surface area contributed by atoms with Crippen LogP contribution in [0, 0.1) is 6.92 Å². The maximum Gasteiger partial charge on any atom is 0.179 e. The Hall–Kier alpha value is -1.95. The molecular weight excluding hydrogens is 268 g/mol. The molecule has 1 N–H and O–H groups in total. The SMILES string of the molecule is COc1cnc(C)cc1-c1nc(C(C)O)nn1C(C)(C)C. The fourth-order valence-electron chi connectivity index (χ4n) is 2.03. The molecule has 2 rings (SSSR count). The Labute approximate surface area is 124 Å². The van der Waals surface area contributed by atoms with Crippen molar-refractivity contribution < 1.29 is 9.84 Å². The second-order valence-electron chi connectivity index (χ2n) is 6.08. The topological polar surface area (TPSA) is 73.1 Å². The van der Waals surface area contributed by atoms with E-state index in [0.717, 1.165) is 11.3 Å². The van der Waals surface area contributed by atoms with E-state index in [2.05, 4.69) is 15.1 Å². The number of hydrogen-bond acceptors (Lipinski definition) is 5. The summed E-state index contributed by atoms with van der Waals surface area (Å²) in [5.41, 5.74) is 1.42. The Kier molecular flexibility index (Phi) is 4.00. The minimum Gasteiger partial charge on any atom is -0.494 e. The summed E-state index contributed by atoms with van der Waals surface area (Å²) in [5, 5.41) is 14.2. The summed E-state index contributed by atoms with van der Waals surface area (Å²) in [6, 6.07) is 1.91. The molecule has 0 amide bonds. The van der Waals surface area contributed by atoms with E-state index in [0.29, 0.717) is 17.4 Å². The van der Waals surface area contributed by atoms with Crippen molar-refractivity contribution in [1.82, 2.24) is 19.7 Å². The second-order valence-corrected chi connectivity index (χ2v) is 6.08. The van der Waals surface area contributed by atoms with Crippen molar-refractivity contribution in [3.8, 4) is 17.1 Å². The summed E-state index contributed by atoms with van der Waals surface area (Å²) in [6.45, 7) is 9.68. The largest absolute Gasteiger partial charge is 0.494 e. The monoisotopic (exact) mass is 290 g/mol. The van der Waals surface area contributed by atoms with E-state index in [1.54, 1.807) is 20.2 Å². The van der Waals surface area contributed by atoms with Gasteiger partial charge in [0.25, 0.3) is 0 Å². The van der Waals surface area contributed by atoms with Gasteiger partial charge >= 0.3 is 0 Å². The molecule has 0 saturated heterocycles. The van der Waals surface area contributed by atoms with Crippen LogP contribution in [-0.4, -0.2) is 32.0 Å². The maximum absolute atomic E-state index is 9.77. The van der Waals surface area contributed by atoms with Crippen LogP contribution in [0.5, 0.6) is 5.75 Å². The lowest BCUT2D eigenvalue weighted by atomic mass is 10.1. The minimum absolute atomic E-state index is 0.266. The summed E-state index contributed by atoms with van der Waals surface area (Å²) < 4.78 is 7.20. The van der Waals surface area contributed by atoms with Crippen molar-refractivity contribution in [3.63, 3.8) is 0 Å². The molecular formula is C15H22N4O2. The van der Waals surface area contributed by atoms with Crippen molar-refractivity contribution >= 4 is 0 Å². The first-order valence-electron chi connectivity index (χ1n) is 6.90. The van der Waals surface area contributed by atoms with E-state index in [1.807, 2.05) is 38.4 Å². The molecule has 1 unspecified atom stereocenters. The zero-order valence-electron chi connectivity index (χ0n) is 13.4. The first-order valence-corrected chi connectivity index (χ1v) is 6.90. The summed E-state index contributed by atoms with van der Waals surface area (Å²) >= 11 is 0. The van der Waals surface area contributed by atoms with Gasteiger partial charge in [0.15, 0.2) is 11.6 Å². The van der Waals surface area contributed by atoms with Crippen molar-refractivity contribution in [3.05, 3.63) is 23.8 Å². The molecule has 2 heterocycles. The molecule has 21 heavy (non-hydrogen) atoms. The van der Waals surface area contributed by atoms with Crippen molar-refractivity contribution in [1.29, 1.82) is 0 Å². The average molecular weight is 290 g/mol. The van der Waals surface area contributed by atoms with Crippen LogP contribution in [-0.2, 0) is 5.54 Å². The smallest absolute Gasteiger partial charge is 0.179 e. The van der Waals surface area contributed by atoms with Crippen LogP contribution in [0.1, 0.15) is 45.3 Å². The number of pyridine rings is 1. The average Bonchev–Trinajstić information content (AvgIpc) is 2.83. The molecule has 0 aromatic carbocycles. The Morgan fingerprint density at radius 1 is 1.33 bits per heavy atom. The number of aliphatic hydroxyl groups is 1. The Bertz CT molecular complexity index is 642. The molecule has 1 atom stereocenters. The van der Waals surface area contributed by atoms with Gasteiger partial charge in [0.2, 0.25) is 0 Å². The van der Waals surface area contributed by atoms with Crippen molar-refractivity contribution in [2.45, 2.75) is 46.3 Å². The highest BCUT2D eigenvalue weighted by Gasteiger charge is 2.25. The van der Waals surface area contributed by atoms with Crippen molar-refractivity contribution in [2.24, 2.45) is 0 Å². The first kappa shape index (κ1) is 15.4. The molecule has 0 radical (unpaired) electrons. The van der Waals surface area contributed by atoms with Crippen LogP contribution in [0.2, 0.25) is 0 Å². The normalized spacial score (nSPS) is 13.3. The molecule has 0 aliphatic rings. The van der Waals surface area contributed by atoms with E-state index < -0.39 is 6.10 Å². The molecule has 0 fully saturated rings. The van der Waals surface area contributed by atoms with Gasteiger partial charge in [-0.2, -0.15) is 5.10 Å². The third-order valence-corrected chi connectivity index (χ3v) is 3.10. The Morgan fingerprint density at radius 2 is 2.00 bits per heavy atom. The van der Waals surface area contributed by atoms with Gasteiger partial charge in [-0.15, -0.1) is 0 Å². The standard InChI is InChI=1S/C15H22N4O2/c1-9-7-11(12(21-6)8-16-9)14-17-13(10(2)20)18-19(14)15(3,4)5/h7-8,10,20H,1-6H3. The molecule has 0 saturated carbocycles. The third kappa shape index (κ3) is 3.05. The number of hydrogen-bond donors (Lipinski definition) is 1. The van der Waals surface area contributed by atoms with Crippen molar-refractivity contribution in [2.75, 3.05) is 7.11 Å². The number of aliphatic hydroxyl groups excluding tert-OH is 1. The summed E-state index contributed by atoms with van der Waals surface area (Å²) in [6.07, 6.45) is 0.954. The molecule has 0 aliphatic carbocycles. The van der Waals surface area contributed by atoms with Gasteiger partial charge in [-0.05, 0) is 40.7 Å². The number of nitrogens with zero attached hydrogens (tertiary/aromatic N) is 4. The lowest BCUT2D eigenvalue weighted by Crippen LogP contribution is -2.24. The zero-order valence-corrected chi connectivity index (χ0v) is 13.4. The van der Waals surface area contributed by atoms with Crippen LogP contribution >= 0.6 is 0 Å². The van der Waals surface area contributed by atoms with Crippen LogP contribution in [0.15, 0.2) is 12.3 Å². The number of methoxy groups -OCH3 is 1.